The lowest BCUT2D eigenvalue weighted by atomic mass is 10.0. The Balaban J connectivity index is 4.82. The van der Waals surface area contributed by atoms with Gasteiger partial charge < -0.3 is 26.8 Å². The van der Waals surface area contributed by atoms with Crippen LogP contribution < -0.4 is 21.7 Å². The number of aliphatic carboxylic acids is 1. The first-order chi connectivity index (χ1) is 11.6. The van der Waals surface area contributed by atoms with Gasteiger partial charge in [-0.2, -0.15) is 11.8 Å². The molecule has 0 aromatic heterocycles. The van der Waals surface area contributed by atoms with E-state index in [0.29, 0.717) is 12.2 Å². The summed E-state index contributed by atoms with van der Waals surface area (Å²) in [6.07, 6.45) is 2.25. The molecule has 0 bridgehead atoms. The third-order valence-corrected chi connectivity index (χ3v) is 4.07. The van der Waals surface area contributed by atoms with E-state index >= 15 is 0 Å². The first kappa shape index (κ1) is 23.2. The van der Waals surface area contributed by atoms with Crippen LogP contribution in [0.5, 0.6) is 0 Å². The highest BCUT2D eigenvalue weighted by Crippen LogP contribution is 2.04. The van der Waals surface area contributed by atoms with Crippen LogP contribution in [-0.4, -0.2) is 65.5 Å². The van der Waals surface area contributed by atoms with E-state index in [1.807, 2.05) is 6.26 Å². The number of carboxylic acids is 1. The first-order valence-corrected chi connectivity index (χ1v) is 9.35. The molecule has 0 spiro atoms. The Labute approximate surface area is 151 Å². The fourth-order valence-electron chi connectivity index (χ4n) is 1.93. The molecule has 10 heteroatoms. The van der Waals surface area contributed by atoms with Crippen molar-refractivity contribution < 1.29 is 24.3 Å². The normalized spacial score (nSPS) is 14.3. The van der Waals surface area contributed by atoms with E-state index in [9.17, 15) is 19.2 Å². The van der Waals surface area contributed by atoms with Crippen molar-refractivity contribution >= 4 is 35.5 Å². The van der Waals surface area contributed by atoms with Crippen LogP contribution in [0.4, 0.5) is 0 Å². The number of thioether (sulfide) groups is 1. The van der Waals surface area contributed by atoms with Gasteiger partial charge in [-0.3, -0.25) is 14.4 Å². The maximum atomic E-state index is 12.3. The van der Waals surface area contributed by atoms with Gasteiger partial charge in [-0.15, -0.1) is 0 Å². The third-order valence-electron chi connectivity index (χ3n) is 3.43. The molecule has 3 unspecified atom stereocenters. The van der Waals surface area contributed by atoms with Crippen LogP contribution in [0.1, 0.15) is 27.2 Å². The second kappa shape index (κ2) is 11.7. The van der Waals surface area contributed by atoms with Crippen LogP contribution >= 0.6 is 11.8 Å². The van der Waals surface area contributed by atoms with Crippen LogP contribution in [-0.2, 0) is 19.2 Å². The Morgan fingerprint density at radius 2 is 1.64 bits per heavy atom. The van der Waals surface area contributed by atoms with Crippen molar-refractivity contribution in [3.05, 3.63) is 0 Å². The summed E-state index contributed by atoms with van der Waals surface area (Å²) in [7, 11) is 0. The van der Waals surface area contributed by atoms with Crippen molar-refractivity contribution in [2.75, 3.05) is 18.6 Å². The Morgan fingerprint density at radius 3 is 2.08 bits per heavy atom. The molecule has 3 atom stereocenters. The van der Waals surface area contributed by atoms with Crippen molar-refractivity contribution in [2.45, 2.75) is 45.3 Å². The molecule has 0 saturated carbocycles. The monoisotopic (exact) mass is 376 g/mol. The van der Waals surface area contributed by atoms with Gasteiger partial charge in [0.25, 0.3) is 0 Å². The highest BCUT2D eigenvalue weighted by Gasteiger charge is 2.28. The fourth-order valence-corrected chi connectivity index (χ4v) is 2.40. The number of carbonyl (C=O) groups is 4. The average molecular weight is 376 g/mol. The van der Waals surface area contributed by atoms with E-state index in [2.05, 4.69) is 16.0 Å². The summed E-state index contributed by atoms with van der Waals surface area (Å²) in [6, 6.07) is -2.80. The number of nitrogens with two attached hydrogens (primary N) is 1. The standard InChI is InChI=1S/C15H28N4O5S/c1-8(2)12(15(23)24)19-13(21)9(3)17-14(22)10(5-6-25-4)18-11(20)7-16/h8-10,12H,5-7,16H2,1-4H3,(H,17,22)(H,18,20)(H,19,21)(H,23,24). The van der Waals surface area contributed by atoms with Crippen LogP contribution in [0.25, 0.3) is 0 Å². The van der Waals surface area contributed by atoms with E-state index in [4.69, 9.17) is 10.8 Å². The molecule has 0 aliphatic carbocycles. The zero-order chi connectivity index (χ0) is 19.6. The fraction of sp³-hybridized carbons (Fsp3) is 0.733. The minimum Gasteiger partial charge on any atom is -0.480 e. The van der Waals surface area contributed by atoms with E-state index < -0.39 is 41.8 Å². The lowest BCUT2D eigenvalue weighted by molar-refractivity contribution is -0.143. The van der Waals surface area contributed by atoms with Gasteiger partial charge in [-0.1, -0.05) is 13.8 Å². The average Bonchev–Trinajstić information content (AvgIpc) is 2.54. The van der Waals surface area contributed by atoms with Gasteiger partial charge >= 0.3 is 5.97 Å². The molecule has 0 rings (SSSR count). The Kier molecular flexibility index (Phi) is 10.8. The summed E-state index contributed by atoms with van der Waals surface area (Å²) in [5.41, 5.74) is 5.24. The zero-order valence-electron chi connectivity index (χ0n) is 15.0. The van der Waals surface area contributed by atoms with Gasteiger partial charge in [0.15, 0.2) is 0 Å². The molecule has 0 saturated heterocycles. The molecule has 0 aliphatic rings. The van der Waals surface area contributed by atoms with E-state index in [-0.39, 0.29) is 12.5 Å². The van der Waals surface area contributed by atoms with Crippen molar-refractivity contribution in [3.8, 4) is 0 Å². The summed E-state index contributed by atoms with van der Waals surface area (Å²) < 4.78 is 0. The smallest absolute Gasteiger partial charge is 0.326 e. The van der Waals surface area contributed by atoms with Crippen LogP contribution in [0.3, 0.4) is 0 Å². The molecular formula is C15H28N4O5S. The minimum absolute atomic E-state index is 0.242. The van der Waals surface area contributed by atoms with Crippen LogP contribution in [0.2, 0.25) is 0 Å². The molecule has 25 heavy (non-hydrogen) atoms. The van der Waals surface area contributed by atoms with Crippen molar-refractivity contribution in [1.29, 1.82) is 0 Å². The Bertz CT molecular complexity index is 487. The lowest BCUT2D eigenvalue weighted by Gasteiger charge is -2.23. The zero-order valence-corrected chi connectivity index (χ0v) is 15.8. The topological polar surface area (TPSA) is 151 Å². The van der Waals surface area contributed by atoms with Gasteiger partial charge in [-0.05, 0) is 31.3 Å². The number of hydrogen-bond donors (Lipinski definition) is 5. The van der Waals surface area contributed by atoms with E-state index in [1.165, 1.54) is 18.7 Å². The molecule has 0 aromatic carbocycles. The number of carboxylic acid groups (broad SMARTS) is 1. The minimum atomic E-state index is -1.14. The van der Waals surface area contributed by atoms with Gasteiger partial charge in [0, 0.05) is 0 Å². The number of carbonyl (C=O) groups excluding carboxylic acids is 3. The van der Waals surface area contributed by atoms with Crippen molar-refractivity contribution in [2.24, 2.45) is 11.7 Å². The number of rotatable bonds is 11. The third kappa shape index (κ3) is 8.73. The highest BCUT2D eigenvalue weighted by molar-refractivity contribution is 7.98. The molecule has 0 radical (unpaired) electrons. The SMILES string of the molecule is CSCCC(NC(=O)CN)C(=O)NC(C)C(=O)NC(C(=O)O)C(C)C. The molecule has 6 N–H and O–H groups in total. The quantitative estimate of drug-likeness (QED) is 0.307. The van der Waals surface area contributed by atoms with E-state index in [1.54, 1.807) is 13.8 Å². The van der Waals surface area contributed by atoms with Crippen molar-refractivity contribution in [3.63, 3.8) is 0 Å². The number of hydrogen-bond acceptors (Lipinski definition) is 6. The second-order valence-corrected chi connectivity index (χ2v) is 6.89. The Hall–Kier alpha value is -1.81. The summed E-state index contributed by atoms with van der Waals surface area (Å²) in [5, 5.41) is 16.5. The molecule has 0 heterocycles. The van der Waals surface area contributed by atoms with Gasteiger partial charge in [0.05, 0.1) is 6.54 Å². The molecule has 0 aromatic rings. The second-order valence-electron chi connectivity index (χ2n) is 5.90. The molecule has 144 valence electrons. The first-order valence-electron chi connectivity index (χ1n) is 7.95. The molecule has 3 amide bonds. The highest BCUT2D eigenvalue weighted by atomic mass is 32.2. The molecule has 9 nitrogen and oxygen atoms in total. The van der Waals surface area contributed by atoms with Crippen LogP contribution in [0, 0.1) is 5.92 Å². The van der Waals surface area contributed by atoms with Gasteiger partial charge in [0.1, 0.15) is 18.1 Å². The summed E-state index contributed by atoms with van der Waals surface area (Å²) >= 11 is 1.51. The largest absolute Gasteiger partial charge is 0.480 e. The van der Waals surface area contributed by atoms with Gasteiger partial charge in [-0.25, -0.2) is 4.79 Å². The summed E-state index contributed by atoms with van der Waals surface area (Å²) in [6.45, 7) is 4.54. The maximum Gasteiger partial charge on any atom is 0.326 e. The predicted molar refractivity (Wildman–Crippen MR) is 96.0 cm³/mol. The maximum absolute atomic E-state index is 12.3. The molecule has 0 aliphatic heterocycles. The van der Waals surface area contributed by atoms with E-state index in [0.717, 1.165) is 0 Å². The number of nitrogens with one attached hydrogen (secondary N) is 3. The summed E-state index contributed by atoms with van der Waals surface area (Å²) in [4.78, 5) is 47.0. The Morgan fingerprint density at radius 1 is 1.04 bits per heavy atom. The predicted octanol–water partition coefficient (Wildman–Crippen LogP) is -1.09. The van der Waals surface area contributed by atoms with Gasteiger partial charge in [0.2, 0.25) is 17.7 Å². The number of amides is 3. The summed E-state index contributed by atoms with van der Waals surface area (Å²) in [5.74, 6) is -2.41. The van der Waals surface area contributed by atoms with Crippen LogP contribution in [0.15, 0.2) is 0 Å². The molecular weight excluding hydrogens is 348 g/mol. The molecule has 0 fully saturated rings. The lowest BCUT2D eigenvalue weighted by Crippen LogP contribution is -2.56. The van der Waals surface area contributed by atoms with Crippen molar-refractivity contribution in [1.82, 2.24) is 16.0 Å².